The van der Waals surface area contributed by atoms with Crippen LogP contribution in [0, 0.1) is 5.92 Å². The molecule has 2 atom stereocenters. The van der Waals surface area contributed by atoms with Crippen LogP contribution in [-0.2, 0) is 4.79 Å². The quantitative estimate of drug-likeness (QED) is 0.879. The summed E-state index contributed by atoms with van der Waals surface area (Å²) in [6, 6.07) is 14.6. The van der Waals surface area contributed by atoms with E-state index in [2.05, 4.69) is 40.5 Å². The number of nitrogens with one attached hydrogen (secondary N) is 1. The summed E-state index contributed by atoms with van der Waals surface area (Å²) in [6.07, 6.45) is 1.68. The number of hydrogen-bond acceptors (Lipinski definition) is 3. The van der Waals surface area contributed by atoms with E-state index in [0.717, 1.165) is 31.5 Å². The molecule has 0 saturated carbocycles. The van der Waals surface area contributed by atoms with Crippen LogP contribution in [0.5, 0.6) is 0 Å². The van der Waals surface area contributed by atoms with Crippen molar-refractivity contribution in [3.8, 4) is 0 Å². The van der Waals surface area contributed by atoms with Crippen molar-refractivity contribution in [3.63, 3.8) is 0 Å². The molecule has 2 unspecified atom stereocenters. The third-order valence-electron chi connectivity index (χ3n) is 5.33. The Kier molecular flexibility index (Phi) is 5.71. The number of piperidine rings is 1. The highest BCUT2D eigenvalue weighted by molar-refractivity contribution is 5.83. The smallest absolute Gasteiger partial charge is 0.234 e. The number of likely N-dealkylation sites (tertiary alicyclic amines) is 1. The summed E-state index contributed by atoms with van der Waals surface area (Å²) in [6.45, 7) is 6.09. The van der Waals surface area contributed by atoms with E-state index in [9.17, 15) is 9.90 Å². The van der Waals surface area contributed by atoms with Crippen LogP contribution in [0.1, 0.15) is 38.3 Å². The average Bonchev–Trinajstić information content (AvgIpc) is 2.61. The number of hydrogen-bond donors (Lipinski definition) is 2. The van der Waals surface area contributed by atoms with Crippen molar-refractivity contribution in [1.29, 1.82) is 0 Å². The molecule has 0 aromatic heterocycles. The predicted molar refractivity (Wildman–Crippen MR) is 101 cm³/mol. The molecule has 4 heteroatoms. The minimum absolute atomic E-state index is 0.00731. The van der Waals surface area contributed by atoms with Crippen molar-refractivity contribution in [1.82, 2.24) is 10.2 Å². The Hall–Kier alpha value is -1.91. The minimum atomic E-state index is -0.246. The fourth-order valence-corrected chi connectivity index (χ4v) is 3.64. The molecular weight excluding hydrogens is 312 g/mol. The molecule has 0 radical (unpaired) electrons. The van der Waals surface area contributed by atoms with Crippen LogP contribution >= 0.6 is 0 Å². The molecule has 25 heavy (non-hydrogen) atoms. The molecule has 2 N–H and O–H groups in total. The number of aliphatic hydroxyl groups is 1. The first kappa shape index (κ1) is 17.9. The van der Waals surface area contributed by atoms with Gasteiger partial charge in [-0.25, -0.2) is 0 Å². The zero-order valence-corrected chi connectivity index (χ0v) is 15.1. The lowest BCUT2D eigenvalue weighted by Crippen LogP contribution is -2.43. The van der Waals surface area contributed by atoms with Gasteiger partial charge in [-0.1, -0.05) is 36.4 Å². The number of benzene rings is 2. The van der Waals surface area contributed by atoms with Gasteiger partial charge in [0, 0.05) is 0 Å². The Bertz CT molecular complexity index is 721. The van der Waals surface area contributed by atoms with Crippen molar-refractivity contribution >= 4 is 16.7 Å². The summed E-state index contributed by atoms with van der Waals surface area (Å²) in [4.78, 5) is 14.6. The number of nitrogens with zero attached hydrogens (tertiary/aromatic N) is 1. The van der Waals surface area contributed by atoms with Gasteiger partial charge < -0.3 is 10.4 Å². The van der Waals surface area contributed by atoms with E-state index in [1.54, 1.807) is 0 Å². The van der Waals surface area contributed by atoms with Crippen molar-refractivity contribution in [3.05, 3.63) is 48.0 Å². The first-order valence-corrected chi connectivity index (χ1v) is 9.21. The van der Waals surface area contributed by atoms with E-state index in [1.165, 1.54) is 10.8 Å². The van der Waals surface area contributed by atoms with Gasteiger partial charge >= 0.3 is 0 Å². The summed E-state index contributed by atoms with van der Waals surface area (Å²) in [7, 11) is 0. The van der Waals surface area contributed by atoms with Crippen molar-refractivity contribution in [2.24, 2.45) is 5.92 Å². The molecule has 134 valence electrons. The maximum Gasteiger partial charge on any atom is 0.234 e. The zero-order valence-electron chi connectivity index (χ0n) is 15.1. The van der Waals surface area contributed by atoms with Gasteiger partial charge in [0.15, 0.2) is 0 Å². The second-order valence-electron chi connectivity index (χ2n) is 7.25. The topological polar surface area (TPSA) is 52.6 Å². The summed E-state index contributed by atoms with van der Waals surface area (Å²) in [5, 5.41) is 15.2. The van der Waals surface area contributed by atoms with Gasteiger partial charge in [-0.05, 0) is 68.1 Å². The molecule has 0 aliphatic carbocycles. The SMILES string of the molecule is CC(NC(=O)CN1CCC(C(C)O)CC1)c1ccc2ccccc2c1. The van der Waals surface area contributed by atoms with Crippen LogP contribution < -0.4 is 5.32 Å². The standard InChI is InChI=1S/C21H28N2O2/c1-15(19-8-7-18-5-3-4-6-20(18)13-19)22-21(25)14-23-11-9-17(10-12-23)16(2)24/h3-8,13,15-17,24H,9-12,14H2,1-2H3,(H,22,25). The lowest BCUT2D eigenvalue weighted by atomic mass is 9.92. The molecule has 1 fully saturated rings. The first-order chi connectivity index (χ1) is 12.0. The Labute approximate surface area is 149 Å². The summed E-state index contributed by atoms with van der Waals surface area (Å²) in [5.41, 5.74) is 1.12. The Morgan fingerprint density at radius 1 is 1.16 bits per heavy atom. The maximum atomic E-state index is 12.4. The molecule has 1 amide bonds. The van der Waals surface area contributed by atoms with E-state index in [4.69, 9.17) is 0 Å². The Morgan fingerprint density at radius 3 is 2.52 bits per heavy atom. The molecule has 3 rings (SSSR count). The van der Waals surface area contributed by atoms with Crippen LogP contribution in [0.3, 0.4) is 0 Å². The second-order valence-corrected chi connectivity index (χ2v) is 7.25. The zero-order chi connectivity index (χ0) is 17.8. The second kappa shape index (κ2) is 7.98. The van der Waals surface area contributed by atoms with Gasteiger partial charge in [-0.3, -0.25) is 9.69 Å². The number of fused-ring (bicyclic) bond motifs is 1. The molecule has 4 nitrogen and oxygen atoms in total. The Morgan fingerprint density at radius 2 is 1.84 bits per heavy atom. The number of amides is 1. The monoisotopic (exact) mass is 340 g/mol. The fourth-order valence-electron chi connectivity index (χ4n) is 3.64. The summed E-state index contributed by atoms with van der Waals surface area (Å²) >= 11 is 0. The Balaban J connectivity index is 1.53. The van der Waals surface area contributed by atoms with E-state index in [-0.39, 0.29) is 18.1 Å². The molecule has 1 aliphatic rings. The number of aliphatic hydroxyl groups excluding tert-OH is 1. The average molecular weight is 340 g/mol. The molecule has 1 heterocycles. The normalized spacial score (nSPS) is 18.8. The van der Waals surface area contributed by atoms with Gasteiger partial charge in [0.05, 0.1) is 18.7 Å². The number of carbonyl (C=O) groups is 1. The third-order valence-corrected chi connectivity index (χ3v) is 5.33. The van der Waals surface area contributed by atoms with Crippen molar-refractivity contribution < 1.29 is 9.90 Å². The van der Waals surface area contributed by atoms with E-state index >= 15 is 0 Å². The lowest BCUT2D eigenvalue weighted by molar-refractivity contribution is -0.123. The fraction of sp³-hybridized carbons (Fsp3) is 0.476. The van der Waals surface area contributed by atoms with E-state index < -0.39 is 0 Å². The molecule has 2 aromatic carbocycles. The van der Waals surface area contributed by atoms with E-state index in [0.29, 0.717) is 12.5 Å². The van der Waals surface area contributed by atoms with Crippen molar-refractivity contribution in [2.75, 3.05) is 19.6 Å². The van der Waals surface area contributed by atoms with Crippen LogP contribution in [-0.4, -0.2) is 41.7 Å². The van der Waals surface area contributed by atoms with Crippen LogP contribution in [0.25, 0.3) is 10.8 Å². The van der Waals surface area contributed by atoms with Gasteiger partial charge in [-0.2, -0.15) is 0 Å². The van der Waals surface area contributed by atoms with Gasteiger partial charge in [0.1, 0.15) is 0 Å². The molecule has 1 aliphatic heterocycles. The van der Waals surface area contributed by atoms with Gasteiger partial charge in [-0.15, -0.1) is 0 Å². The van der Waals surface area contributed by atoms with Crippen LogP contribution in [0.15, 0.2) is 42.5 Å². The predicted octanol–water partition coefficient (Wildman–Crippen LogP) is 3.11. The number of rotatable bonds is 5. The maximum absolute atomic E-state index is 12.4. The highest BCUT2D eigenvalue weighted by atomic mass is 16.3. The summed E-state index contributed by atoms with van der Waals surface area (Å²) < 4.78 is 0. The highest BCUT2D eigenvalue weighted by Crippen LogP contribution is 2.21. The molecule has 1 saturated heterocycles. The highest BCUT2D eigenvalue weighted by Gasteiger charge is 2.24. The van der Waals surface area contributed by atoms with Gasteiger partial charge in [0.25, 0.3) is 0 Å². The molecule has 0 bridgehead atoms. The first-order valence-electron chi connectivity index (χ1n) is 9.21. The number of carbonyl (C=O) groups excluding carboxylic acids is 1. The van der Waals surface area contributed by atoms with Crippen LogP contribution in [0.2, 0.25) is 0 Å². The lowest BCUT2D eigenvalue weighted by Gasteiger charge is -2.33. The summed E-state index contributed by atoms with van der Waals surface area (Å²) in [5.74, 6) is 0.437. The third kappa shape index (κ3) is 4.59. The van der Waals surface area contributed by atoms with E-state index in [1.807, 2.05) is 26.0 Å². The minimum Gasteiger partial charge on any atom is -0.393 e. The van der Waals surface area contributed by atoms with Crippen molar-refractivity contribution in [2.45, 2.75) is 38.8 Å². The molecule has 0 spiro atoms. The largest absolute Gasteiger partial charge is 0.393 e. The van der Waals surface area contributed by atoms with Gasteiger partial charge in [0.2, 0.25) is 5.91 Å². The van der Waals surface area contributed by atoms with Crippen LogP contribution in [0.4, 0.5) is 0 Å². The molecular formula is C21H28N2O2. The molecule has 2 aromatic rings.